The number of sulfonamides is 1. The lowest BCUT2D eigenvalue weighted by Crippen LogP contribution is -2.50. The number of urea groups is 1. The maximum atomic E-state index is 13.3. The zero-order valence-electron chi connectivity index (χ0n) is 20.5. The molecule has 1 saturated heterocycles. The Morgan fingerprint density at radius 2 is 1.54 bits per heavy atom. The molecule has 0 spiro atoms. The van der Waals surface area contributed by atoms with E-state index < -0.39 is 10.0 Å². The van der Waals surface area contributed by atoms with Gasteiger partial charge in [-0.3, -0.25) is 9.52 Å². The number of fused-ring (bicyclic) bond motifs is 4. The summed E-state index contributed by atoms with van der Waals surface area (Å²) in [6.07, 6.45) is 0.864. The van der Waals surface area contributed by atoms with E-state index in [0.717, 1.165) is 12.1 Å². The predicted molar refractivity (Wildman–Crippen MR) is 139 cm³/mol. The highest BCUT2D eigenvalue weighted by Crippen LogP contribution is 2.36. The summed E-state index contributed by atoms with van der Waals surface area (Å²) in [4.78, 5) is 28.0. The van der Waals surface area contributed by atoms with E-state index in [9.17, 15) is 18.0 Å². The molecule has 10 nitrogen and oxygen atoms in total. The number of hydrogen-bond donors (Lipinski definition) is 2. The van der Waals surface area contributed by atoms with Gasteiger partial charge in [0.1, 0.15) is 17.2 Å². The average molecular weight is 525 g/mol. The van der Waals surface area contributed by atoms with Crippen molar-refractivity contribution in [3.8, 4) is 11.5 Å². The third-order valence-corrected chi connectivity index (χ3v) is 8.23. The van der Waals surface area contributed by atoms with E-state index in [4.69, 9.17) is 9.47 Å². The monoisotopic (exact) mass is 524 g/mol. The van der Waals surface area contributed by atoms with Gasteiger partial charge in [0.05, 0.1) is 19.1 Å². The van der Waals surface area contributed by atoms with E-state index in [0.29, 0.717) is 36.8 Å². The molecule has 2 bridgehead atoms. The van der Waals surface area contributed by atoms with Gasteiger partial charge in [0.15, 0.2) is 0 Å². The standard InChI is InChI=1S/C26H28N4O6S/c1-35-20-5-3-19(4-6-20)27-26(32)29-14-17-13-18(16-29)24-12-11-23(25(31)30(24)15-17)28-37(33,34)22-9-7-21(36-2)8-10-22/h3-12,17-18,28H,13-16H2,1-2H3,(H,27,32)/t17-,18-/m1/s1. The molecule has 194 valence electrons. The van der Waals surface area contributed by atoms with E-state index in [1.165, 1.54) is 25.3 Å². The number of methoxy groups -OCH3 is 2. The van der Waals surface area contributed by atoms with Crippen LogP contribution in [0.5, 0.6) is 11.5 Å². The predicted octanol–water partition coefficient (Wildman–Crippen LogP) is 3.32. The molecule has 0 unspecified atom stereocenters. The normalized spacial score (nSPS) is 18.5. The molecule has 3 aromatic rings. The number of ether oxygens (including phenoxy) is 2. The lowest BCUT2D eigenvalue weighted by atomic mass is 9.83. The van der Waals surface area contributed by atoms with Gasteiger partial charge in [-0.25, -0.2) is 13.2 Å². The number of amides is 2. The van der Waals surface area contributed by atoms with Crippen molar-refractivity contribution in [1.82, 2.24) is 9.47 Å². The SMILES string of the molecule is COc1ccc(NC(=O)N2C[C@H]3C[C@H](C2)c2ccc(NS(=O)(=O)c4ccc(OC)cc4)c(=O)n2C3)cc1. The molecule has 2 aromatic carbocycles. The van der Waals surface area contributed by atoms with Crippen LogP contribution in [-0.4, -0.2) is 51.2 Å². The van der Waals surface area contributed by atoms with Crippen molar-refractivity contribution in [3.05, 3.63) is 76.7 Å². The van der Waals surface area contributed by atoms with Gasteiger partial charge in [0.2, 0.25) is 0 Å². The molecule has 2 N–H and O–H groups in total. The summed E-state index contributed by atoms with van der Waals surface area (Å²) in [5.74, 6) is 1.30. The molecule has 5 rings (SSSR count). The highest BCUT2D eigenvalue weighted by molar-refractivity contribution is 7.92. The molecular formula is C26H28N4O6S. The van der Waals surface area contributed by atoms with Gasteiger partial charge in [0, 0.05) is 36.9 Å². The smallest absolute Gasteiger partial charge is 0.321 e. The molecule has 0 saturated carbocycles. The lowest BCUT2D eigenvalue weighted by molar-refractivity contribution is 0.139. The summed E-state index contributed by atoms with van der Waals surface area (Å²) in [6.45, 7) is 1.39. The van der Waals surface area contributed by atoms with Crippen LogP contribution in [0.4, 0.5) is 16.2 Å². The number of anilines is 2. The number of likely N-dealkylation sites (tertiary alicyclic amines) is 1. The molecule has 0 aliphatic carbocycles. The Hall–Kier alpha value is -3.99. The van der Waals surface area contributed by atoms with Crippen molar-refractivity contribution in [3.63, 3.8) is 0 Å². The number of piperidine rings is 1. The van der Waals surface area contributed by atoms with Crippen LogP contribution in [0.2, 0.25) is 0 Å². The number of pyridine rings is 1. The Kier molecular flexibility index (Phi) is 6.55. The lowest BCUT2D eigenvalue weighted by Gasteiger charge is -2.42. The highest BCUT2D eigenvalue weighted by atomic mass is 32.2. The summed E-state index contributed by atoms with van der Waals surface area (Å²) < 4.78 is 40.0. The quantitative estimate of drug-likeness (QED) is 0.511. The number of hydrogen-bond acceptors (Lipinski definition) is 6. The van der Waals surface area contributed by atoms with Crippen LogP contribution in [-0.2, 0) is 16.6 Å². The Morgan fingerprint density at radius 1 is 0.892 bits per heavy atom. The Labute approximate surface area is 214 Å². The number of carbonyl (C=O) groups is 1. The molecule has 0 radical (unpaired) electrons. The van der Waals surface area contributed by atoms with Gasteiger partial charge in [0.25, 0.3) is 15.6 Å². The minimum Gasteiger partial charge on any atom is -0.497 e. The van der Waals surface area contributed by atoms with Crippen LogP contribution in [0.25, 0.3) is 0 Å². The van der Waals surface area contributed by atoms with Crippen molar-refractivity contribution >= 4 is 27.4 Å². The van der Waals surface area contributed by atoms with Crippen molar-refractivity contribution in [1.29, 1.82) is 0 Å². The van der Waals surface area contributed by atoms with Crippen LogP contribution >= 0.6 is 0 Å². The molecule has 11 heteroatoms. The summed E-state index contributed by atoms with van der Waals surface area (Å²) in [6, 6.07) is 16.2. The molecule has 1 aromatic heterocycles. The van der Waals surface area contributed by atoms with Crippen molar-refractivity contribution < 1.29 is 22.7 Å². The fourth-order valence-corrected chi connectivity index (χ4v) is 6.08. The van der Waals surface area contributed by atoms with Crippen LogP contribution in [0.1, 0.15) is 18.0 Å². The Bertz CT molecular complexity index is 1470. The molecular weight excluding hydrogens is 496 g/mol. The van der Waals surface area contributed by atoms with Crippen molar-refractivity contribution in [2.24, 2.45) is 5.92 Å². The van der Waals surface area contributed by atoms with Crippen molar-refractivity contribution in [2.75, 3.05) is 37.3 Å². The summed E-state index contributed by atoms with van der Waals surface area (Å²) in [7, 11) is -0.865. The minimum atomic E-state index is -3.95. The zero-order chi connectivity index (χ0) is 26.2. The summed E-state index contributed by atoms with van der Waals surface area (Å²) >= 11 is 0. The van der Waals surface area contributed by atoms with E-state index in [1.54, 1.807) is 59.0 Å². The van der Waals surface area contributed by atoms with Gasteiger partial charge in [-0.2, -0.15) is 0 Å². The van der Waals surface area contributed by atoms with Gasteiger partial charge >= 0.3 is 6.03 Å². The van der Waals surface area contributed by atoms with Gasteiger partial charge < -0.3 is 24.3 Å². The number of nitrogens with one attached hydrogen (secondary N) is 2. The molecule has 2 atom stereocenters. The molecule has 2 amide bonds. The van der Waals surface area contributed by atoms with Crippen molar-refractivity contribution in [2.45, 2.75) is 23.8 Å². The molecule has 1 fully saturated rings. The highest BCUT2D eigenvalue weighted by Gasteiger charge is 2.37. The first kappa shape index (κ1) is 24.7. The maximum Gasteiger partial charge on any atom is 0.321 e. The number of benzene rings is 2. The van der Waals surface area contributed by atoms with Gasteiger partial charge in [-0.15, -0.1) is 0 Å². The molecule has 2 aliphatic rings. The third-order valence-electron chi connectivity index (χ3n) is 6.85. The Balaban J connectivity index is 1.32. The largest absolute Gasteiger partial charge is 0.497 e. The first-order valence-corrected chi connectivity index (χ1v) is 13.4. The van der Waals surface area contributed by atoms with Crippen LogP contribution in [0, 0.1) is 5.92 Å². The van der Waals surface area contributed by atoms with Gasteiger partial charge in [-0.05, 0) is 73.0 Å². The first-order valence-electron chi connectivity index (χ1n) is 11.9. The second kappa shape index (κ2) is 9.81. The molecule has 2 aliphatic heterocycles. The van der Waals surface area contributed by atoms with Crippen LogP contribution in [0.15, 0.2) is 70.4 Å². The summed E-state index contributed by atoms with van der Waals surface area (Å²) in [5, 5.41) is 2.92. The summed E-state index contributed by atoms with van der Waals surface area (Å²) in [5.41, 5.74) is 1.08. The number of rotatable bonds is 6. The number of nitrogens with zero attached hydrogens (tertiary/aromatic N) is 2. The number of aromatic nitrogens is 1. The second-order valence-electron chi connectivity index (χ2n) is 9.23. The third kappa shape index (κ3) is 4.99. The average Bonchev–Trinajstić information content (AvgIpc) is 2.91. The maximum absolute atomic E-state index is 13.3. The van der Waals surface area contributed by atoms with Gasteiger partial charge in [-0.1, -0.05) is 0 Å². The molecule has 37 heavy (non-hydrogen) atoms. The van der Waals surface area contributed by atoms with E-state index in [-0.39, 0.29) is 34.0 Å². The number of carbonyl (C=O) groups excluding carboxylic acids is 1. The van der Waals surface area contributed by atoms with Crippen LogP contribution < -0.4 is 25.1 Å². The molecule has 3 heterocycles. The minimum absolute atomic E-state index is 0.00588. The fourth-order valence-electron chi connectivity index (χ4n) is 5.02. The van der Waals surface area contributed by atoms with E-state index in [1.807, 2.05) is 0 Å². The van der Waals surface area contributed by atoms with Crippen LogP contribution in [0.3, 0.4) is 0 Å². The topological polar surface area (TPSA) is 119 Å². The zero-order valence-corrected chi connectivity index (χ0v) is 21.3. The first-order chi connectivity index (χ1) is 17.8. The fraction of sp³-hybridized carbons (Fsp3) is 0.308. The van der Waals surface area contributed by atoms with E-state index >= 15 is 0 Å². The Morgan fingerprint density at radius 3 is 2.19 bits per heavy atom. The second-order valence-corrected chi connectivity index (χ2v) is 10.9. The van der Waals surface area contributed by atoms with E-state index in [2.05, 4.69) is 10.0 Å².